The van der Waals surface area contributed by atoms with Crippen LogP contribution in [0.5, 0.6) is 0 Å². The molecule has 1 aliphatic heterocycles. The minimum atomic E-state index is -0.638. The van der Waals surface area contributed by atoms with Crippen LogP contribution in [0.1, 0.15) is 29.8 Å². The number of aromatic nitrogens is 2. The van der Waals surface area contributed by atoms with Gasteiger partial charge in [0.1, 0.15) is 0 Å². The number of aromatic amines is 1. The van der Waals surface area contributed by atoms with Crippen molar-refractivity contribution in [1.82, 2.24) is 10.2 Å². The van der Waals surface area contributed by atoms with Crippen LogP contribution in [0.25, 0.3) is 10.9 Å². The van der Waals surface area contributed by atoms with Crippen molar-refractivity contribution in [2.75, 3.05) is 10.6 Å². The monoisotopic (exact) mass is 320 g/mol. The lowest BCUT2D eigenvalue weighted by Gasteiger charge is -2.15. The van der Waals surface area contributed by atoms with Crippen molar-refractivity contribution in [2.45, 2.75) is 19.3 Å². The van der Waals surface area contributed by atoms with E-state index < -0.39 is 5.41 Å². The van der Waals surface area contributed by atoms with E-state index in [9.17, 15) is 9.59 Å². The van der Waals surface area contributed by atoms with E-state index in [1.165, 1.54) is 0 Å². The Labute approximate surface area is 138 Å². The van der Waals surface area contributed by atoms with Gasteiger partial charge in [0, 0.05) is 22.3 Å². The van der Waals surface area contributed by atoms with Crippen LogP contribution in [-0.2, 0) is 10.2 Å². The van der Waals surface area contributed by atoms with Crippen LogP contribution in [0.4, 0.5) is 11.4 Å². The number of H-pyrrole nitrogens is 1. The molecule has 0 radical (unpaired) electrons. The second-order valence-electron chi connectivity index (χ2n) is 6.47. The summed E-state index contributed by atoms with van der Waals surface area (Å²) in [5.41, 5.74) is 3.02. The van der Waals surface area contributed by atoms with Crippen LogP contribution in [0.3, 0.4) is 0 Å². The molecule has 1 aromatic heterocycles. The maximum Gasteiger partial charge on any atom is 0.255 e. The Morgan fingerprint density at radius 3 is 2.83 bits per heavy atom. The molecule has 0 aliphatic carbocycles. The number of nitrogens with one attached hydrogen (secondary N) is 3. The Morgan fingerprint density at radius 2 is 2.00 bits per heavy atom. The number of hydrogen-bond acceptors (Lipinski definition) is 3. The minimum Gasteiger partial charge on any atom is -0.325 e. The van der Waals surface area contributed by atoms with E-state index in [-0.39, 0.29) is 11.8 Å². The zero-order chi connectivity index (χ0) is 16.9. The molecule has 2 amide bonds. The average molecular weight is 320 g/mol. The summed E-state index contributed by atoms with van der Waals surface area (Å²) >= 11 is 0. The van der Waals surface area contributed by atoms with Crippen LogP contribution >= 0.6 is 0 Å². The topological polar surface area (TPSA) is 86.9 Å². The van der Waals surface area contributed by atoms with Gasteiger partial charge in [0.2, 0.25) is 5.91 Å². The van der Waals surface area contributed by atoms with Gasteiger partial charge in [0.25, 0.3) is 5.91 Å². The second-order valence-corrected chi connectivity index (χ2v) is 6.47. The second kappa shape index (κ2) is 4.92. The summed E-state index contributed by atoms with van der Waals surface area (Å²) in [4.78, 5) is 24.5. The third-order valence-electron chi connectivity index (χ3n) is 4.47. The number of amides is 2. The fourth-order valence-electron chi connectivity index (χ4n) is 2.93. The first-order valence-electron chi connectivity index (χ1n) is 7.65. The van der Waals surface area contributed by atoms with Crippen LogP contribution in [-0.4, -0.2) is 22.0 Å². The Hall–Kier alpha value is -3.15. The van der Waals surface area contributed by atoms with Crippen LogP contribution in [0, 0.1) is 0 Å². The first-order valence-corrected chi connectivity index (χ1v) is 7.65. The van der Waals surface area contributed by atoms with Gasteiger partial charge < -0.3 is 10.6 Å². The summed E-state index contributed by atoms with van der Waals surface area (Å²) in [6, 6.07) is 10.8. The summed E-state index contributed by atoms with van der Waals surface area (Å²) in [5, 5.41) is 13.5. The Balaban J connectivity index is 1.63. The van der Waals surface area contributed by atoms with Gasteiger partial charge in [-0.15, -0.1) is 0 Å². The van der Waals surface area contributed by atoms with Crippen molar-refractivity contribution >= 4 is 34.1 Å². The SMILES string of the molecule is CC1(C)C(=O)Nc2ccc(C(=O)Nc3ccc4cn[nH]c4c3)cc21. The van der Waals surface area contributed by atoms with Crippen molar-refractivity contribution in [3.8, 4) is 0 Å². The van der Waals surface area contributed by atoms with Gasteiger partial charge >= 0.3 is 0 Å². The highest BCUT2D eigenvalue weighted by atomic mass is 16.2. The highest BCUT2D eigenvalue weighted by Crippen LogP contribution is 2.37. The van der Waals surface area contributed by atoms with Gasteiger partial charge in [-0.1, -0.05) is 0 Å². The van der Waals surface area contributed by atoms with Gasteiger partial charge in [-0.3, -0.25) is 14.7 Å². The van der Waals surface area contributed by atoms with Crippen molar-refractivity contribution in [3.63, 3.8) is 0 Å². The first kappa shape index (κ1) is 14.4. The van der Waals surface area contributed by atoms with E-state index in [0.29, 0.717) is 11.3 Å². The maximum absolute atomic E-state index is 12.5. The molecule has 0 atom stereocenters. The standard InChI is InChI=1S/C18H16N4O2/c1-18(2)13-7-10(4-6-14(13)21-17(18)24)16(23)20-12-5-3-11-9-19-22-15(11)8-12/h3-9H,1-2H3,(H,19,22)(H,20,23)(H,21,24). The predicted molar refractivity (Wildman–Crippen MR) is 92.1 cm³/mol. The van der Waals surface area contributed by atoms with E-state index in [1.54, 1.807) is 24.4 Å². The molecule has 120 valence electrons. The molecule has 0 spiro atoms. The number of hydrogen-bond donors (Lipinski definition) is 3. The number of carbonyl (C=O) groups is 2. The number of carbonyl (C=O) groups excluding carboxylic acids is 2. The zero-order valence-corrected chi connectivity index (χ0v) is 13.3. The van der Waals surface area contributed by atoms with Crippen molar-refractivity contribution in [3.05, 3.63) is 53.7 Å². The van der Waals surface area contributed by atoms with Gasteiger partial charge in [-0.25, -0.2) is 0 Å². The summed E-state index contributed by atoms with van der Waals surface area (Å²) in [6.45, 7) is 3.70. The normalized spacial score (nSPS) is 15.2. The summed E-state index contributed by atoms with van der Waals surface area (Å²) in [6.07, 6.45) is 1.73. The van der Waals surface area contributed by atoms with E-state index in [4.69, 9.17) is 0 Å². The quantitative estimate of drug-likeness (QED) is 0.678. The third-order valence-corrected chi connectivity index (χ3v) is 4.47. The van der Waals surface area contributed by atoms with Crippen LogP contribution in [0.2, 0.25) is 0 Å². The molecule has 0 saturated carbocycles. The number of rotatable bonds is 2. The van der Waals surface area contributed by atoms with E-state index >= 15 is 0 Å². The summed E-state index contributed by atoms with van der Waals surface area (Å²) < 4.78 is 0. The number of benzene rings is 2. The lowest BCUT2D eigenvalue weighted by Crippen LogP contribution is -2.27. The van der Waals surface area contributed by atoms with Gasteiger partial charge in [-0.05, 0) is 55.8 Å². The Morgan fingerprint density at radius 1 is 1.17 bits per heavy atom. The Bertz CT molecular complexity index is 988. The molecule has 3 N–H and O–H groups in total. The van der Waals surface area contributed by atoms with Crippen molar-refractivity contribution < 1.29 is 9.59 Å². The average Bonchev–Trinajstić information content (AvgIpc) is 3.10. The van der Waals surface area contributed by atoms with E-state index in [1.807, 2.05) is 32.0 Å². The summed E-state index contributed by atoms with van der Waals surface area (Å²) in [7, 11) is 0. The van der Waals surface area contributed by atoms with Crippen LogP contribution in [0.15, 0.2) is 42.6 Å². The van der Waals surface area contributed by atoms with Crippen LogP contribution < -0.4 is 10.6 Å². The van der Waals surface area contributed by atoms with Gasteiger partial charge in [-0.2, -0.15) is 5.10 Å². The Kier molecular flexibility index (Phi) is 2.96. The number of nitrogens with zero attached hydrogens (tertiary/aromatic N) is 1. The summed E-state index contributed by atoms with van der Waals surface area (Å²) in [5.74, 6) is -0.272. The molecule has 0 saturated heterocycles. The molecule has 6 heteroatoms. The molecule has 2 aromatic carbocycles. The fourth-order valence-corrected chi connectivity index (χ4v) is 2.93. The molecule has 0 unspecified atom stereocenters. The number of anilines is 2. The highest BCUT2D eigenvalue weighted by molar-refractivity contribution is 6.09. The van der Waals surface area contributed by atoms with Crippen molar-refractivity contribution in [1.29, 1.82) is 0 Å². The molecule has 4 rings (SSSR count). The highest BCUT2D eigenvalue weighted by Gasteiger charge is 2.38. The molecule has 3 aromatic rings. The lowest BCUT2D eigenvalue weighted by atomic mass is 9.85. The van der Waals surface area contributed by atoms with Crippen molar-refractivity contribution in [2.24, 2.45) is 0 Å². The molecular formula is C18H16N4O2. The molecular weight excluding hydrogens is 304 g/mol. The van der Waals surface area contributed by atoms with E-state index in [2.05, 4.69) is 20.8 Å². The fraction of sp³-hybridized carbons (Fsp3) is 0.167. The zero-order valence-electron chi connectivity index (χ0n) is 13.3. The predicted octanol–water partition coefficient (Wildman–Crippen LogP) is 3.04. The smallest absolute Gasteiger partial charge is 0.255 e. The van der Waals surface area contributed by atoms with Gasteiger partial charge in [0.15, 0.2) is 0 Å². The van der Waals surface area contributed by atoms with E-state index in [0.717, 1.165) is 22.2 Å². The largest absolute Gasteiger partial charge is 0.325 e. The molecule has 0 fully saturated rings. The molecule has 2 heterocycles. The maximum atomic E-state index is 12.5. The third kappa shape index (κ3) is 2.15. The molecule has 0 bridgehead atoms. The molecule has 6 nitrogen and oxygen atoms in total. The lowest BCUT2D eigenvalue weighted by molar-refractivity contribution is -0.119. The molecule has 1 aliphatic rings. The van der Waals surface area contributed by atoms with Gasteiger partial charge in [0.05, 0.1) is 17.1 Å². The number of fused-ring (bicyclic) bond motifs is 2. The first-order chi connectivity index (χ1) is 11.4. The minimum absolute atomic E-state index is 0.0558. The molecule has 24 heavy (non-hydrogen) atoms.